The normalized spacial score (nSPS) is 10.3. The lowest BCUT2D eigenvalue weighted by atomic mass is 10.1. The van der Waals surface area contributed by atoms with Gasteiger partial charge in [0.1, 0.15) is 5.56 Å². The van der Waals surface area contributed by atoms with Crippen molar-refractivity contribution in [3.63, 3.8) is 0 Å². The number of aryl methyl sites for hydroxylation is 1. The molecule has 3 rings (SSSR count). The van der Waals surface area contributed by atoms with Crippen LogP contribution in [0, 0.1) is 18.3 Å². The van der Waals surface area contributed by atoms with Crippen molar-refractivity contribution in [2.24, 2.45) is 0 Å². The summed E-state index contributed by atoms with van der Waals surface area (Å²) in [5.41, 5.74) is 2.21. The Bertz CT molecular complexity index is 1080. The highest BCUT2D eigenvalue weighted by molar-refractivity contribution is 9.10. The second kappa shape index (κ2) is 8.02. The van der Waals surface area contributed by atoms with Gasteiger partial charge < -0.3 is 9.88 Å². The van der Waals surface area contributed by atoms with Crippen LogP contribution in [0.25, 0.3) is 0 Å². The minimum Gasteiger partial charge on any atom is -0.326 e. The van der Waals surface area contributed by atoms with Crippen LogP contribution >= 0.6 is 15.9 Å². The van der Waals surface area contributed by atoms with Crippen molar-refractivity contribution in [2.45, 2.75) is 13.5 Å². The van der Waals surface area contributed by atoms with Crippen molar-refractivity contribution in [3.05, 3.63) is 97.9 Å². The third-order valence-electron chi connectivity index (χ3n) is 4.07. The minimum atomic E-state index is -0.433. The lowest BCUT2D eigenvalue weighted by molar-refractivity contribution is 0.0983. The van der Waals surface area contributed by atoms with Gasteiger partial charge in [0.2, 0.25) is 0 Å². The molecule has 0 aliphatic heterocycles. The van der Waals surface area contributed by atoms with Crippen LogP contribution in [0.1, 0.15) is 27.2 Å². The van der Waals surface area contributed by atoms with Crippen LogP contribution in [0.4, 0.5) is 5.69 Å². The summed E-state index contributed by atoms with van der Waals surface area (Å²) >= 11 is 3.40. The van der Waals surface area contributed by atoms with E-state index in [1.165, 1.54) is 11.0 Å². The number of amides is 1. The van der Waals surface area contributed by atoms with E-state index in [2.05, 4.69) is 27.0 Å². The standard InChI is InChI=1S/C21H16BrN3O2/c1-14-5-10-19(20(26)24-14)21(27)25(13-15-6-8-17(22)9-7-15)18-4-2-3-16(11-18)12-23/h2-11H,13H2,1H3,(H,24,26). The molecule has 0 unspecified atom stereocenters. The average Bonchev–Trinajstić information content (AvgIpc) is 2.67. The first-order chi connectivity index (χ1) is 13.0. The average molecular weight is 422 g/mol. The molecule has 0 saturated carbocycles. The SMILES string of the molecule is Cc1ccc(C(=O)N(Cc2ccc(Br)cc2)c2cccc(C#N)c2)c(=O)[nH]1. The molecule has 1 heterocycles. The zero-order valence-electron chi connectivity index (χ0n) is 14.6. The number of benzene rings is 2. The number of halogens is 1. The summed E-state index contributed by atoms with van der Waals surface area (Å²) in [6.07, 6.45) is 0. The summed E-state index contributed by atoms with van der Waals surface area (Å²) in [6.45, 7) is 2.03. The van der Waals surface area contributed by atoms with Crippen LogP contribution in [0.2, 0.25) is 0 Å². The van der Waals surface area contributed by atoms with Crippen LogP contribution in [0.5, 0.6) is 0 Å². The third-order valence-corrected chi connectivity index (χ3v) is 4.60. The van der Waals surface area contributed by atoms with E-state index in [-0.39, 0.29) is 12.1 Å². The summed E-state index contributed by atoms with van der Waals surface area (Å²) in [5, 5.41) is 9.18. The molecule has 27 heavy (non-hydrogen) atoms. The Morgan fingerprint density at radius 2 is 1.89 bits per heavy atom. The summed E-state index contributed by atoms with van der Waals surface area (Å²) in [5.74, 6) is -0.422. The molecule has 0 spiro atoms. The number of H-pyrrole nitrogens is 1. The van der Waals surface area contributed by atoms with Gasteiger partial charge in [-0.05, 0) is 55.0 Å². The van der Waals surface area contributed by atoms with Crippen LogP contribution < -0.4 is 10.5 Å². The van der Waals surface area contributed by atoms with E-state index in [9.17, 15) is 14.9 Å². The highest BCUT2D eigenvalue weighted by Crippen LogP contribution is 2.22. The first-order valence-corrected chi connectivity index (χ1v) is 9.03. The molecule has 1 N–H and O–H groups in total. The molecule has 6 heteroatoms. The molecule has 0 radical (unpaired) electrons. The maximum absolute atomic E-state index is 13.2. The van der Waals surface area contributed by atoms with E-state index in [4.69, 9.17) is 0 Å². The highest BCUT2D eigenvalue weighted by atomic mass is 79.9. The Hall–Kier alpha value is -3.17. The molecule has 0 atom stereocenters. The van der Waals surface area contributed by atoms with Gasteiger partial charge in [-0.3, -0.25) is 9.59 Å². The van der Waals surface area contributed by atoms with Crippen LogP contribution in [0.3, 0.4) is 0 Å². The number of aromatic nitrogens is 1. The number of hydrogen-bond acceptors (Lipinski definition) is 3. The number of nitrogens with zero attached hydrogens (tertiary/aromatic N) is 2. The Balaban J connectivity index is 2.05. The zero-order valence-corrected chi connectivity index (χ0v) is 16.2. The van der Waals surface area contributed by atoms with Crippen molar-refractivity contribution < 1.29 is 4.79 Å². The fraction of sp³-hybridized carbons (Fsp3) is 0.0952. The maximum atomic E-state index is 13.2. The lowest BCUT2D eigenvalue weighted by Gasteiger charge is -2.23. The second-order valence-electron chi connectivity index (χ2n) is 6.06. The van der Waals surface area contributed by atoms with Gasteiger partial charge in [0.25, 0.3) is 11.5 Å². The molecule has 0 aliphatic carbocycles. The van der Waals surface area contributed by atoms with Crippen LogP contribution in [-0.2, 0) is 6.54 Å². The summed E-state index contributed by atoms with van der Waals surface area (Å²) in [6, 6.07) is 19.7. The zero-order chi connectivity index (χ0) is 19.4. The van der Waals surface area contributed by atoms with Gasteiger partial charge in [-0.1, -0.05) is 34.1 Å². The van der Waals surface area contributed by atoms with Crippen molar-refractivity contribution in [3.8, 4) is 6.07 Å². The molecule has 0 saturated heterocycles. The Morgan fingerprint density at radius 3 is 2.56 bits per heavy atom. The summed E-state index contributed by atoms with van der Waals surface area (Å²) in [4.78, 5) is 29.6. The molecule has 3 aromatic rings. The van der Waals surface area contributed by atoms with Gasteiger partial charge in [0.05, 0.1) is 18.2 Å². The first kappa shape index (κ1) is 18.6. The van der Waals surface area contributed by atoms with Gasteiger partial charge in [-0.25, -0.2) is 0 Å². The number of nitrogens with one attached hydrogen (secondary N) is 1. The minimum absolute atomic E-state index is 0.0556. The number of carbonyl (C=O) groups excluding carboxylic acids is 1. The predicted octanol–water partition coefficient (Wildman–Crippen LogP) is 4.16. The molecule has 0 fully saturated rings. The lowest BCUT2D eigenvalue weighted by Crippen LogP contribution is -2.34. The largest absolute Gasteiger partial charge is 0.326 e. The monoisotopic (exact) mass is 421 g/mol. The number of pyridine rings is 1. The number of hydrogen-bond donors (Lipinski definition) is 1. The predicted molar refractivity (Wildman–Crippen MR) is 108 cm³/mol. The smallest absolute Gasteiger partial charge is 0.264 e. The summed E-state index contributed by atoms with van der Waals surface area (Å²) in [7, 11) is 0. The molecule has 1 amide bonds. The molecular weight excluding hydrogens is 406 g/mol. The van der Waals surface area contributed by atoms with E-state index in [1.807, 2.05) is 24.3 Å². The van der Waals surface area contributed by atoms with Gasteiger partial charge in [0.15, 0.2) is 0 Å². The molecule has 5 nitrogen and oxygen atoms in total. The third kappa shape index (κ3) is 4.33. The maximum Gasteiger partial charge on any atom is 0.264 e. The van der Waals surface area contributed by atoms with Gasteiger partial charge >= 0.3 is 0 Å². The molecular formula is C21H16BrN3O2. The van der Waals surface area contributed by atoms with E-state index in [1.54, 1.807) is 37.3 Å². The van der Waals surface area contributed by atoms with E-state index < -0.39 is 11.5 Å². The highest BCUT2D eigenvalue weighted by Gasteiger charge is 2.21. The summed E-state index contributed by atoms with van der Waals surface area (Å²) < 4.78 is 0.936. The van der Waals surface area contributed by atoms with Crippen molar-refractivity contribution >= 4 is 27.5 Å². The number of aromatic amines is 1. The Morgan fingerprint density at radius 1 is 1.15 bits per heavy atom. The van der Waals surface area contributed by atoms with E-state index in [0.29, 0.717) is 16.9 Å². The molecule has 0 aliphatic rings. The van der Waals surface area contributed by atoms with Crippen molar-refractivity contribution in [2.75, 3.05) is 4.90 Å². The Kier molecular flexibility index (Phi) is 5.53. The van der Waals surface area contributed by atoms with Crippen LogP contribution in [0.15, 0.2) is 69.9 Å². The van der Waals surface area contributed by atoms with Gasteiger partial charge in [0, 0.05) is 15.9 Å². The number of rotatable bonds is 4. The van der Waals surface area contributed by atoms with Gasteiger partial charge in [-0.2, -0.15) is 5.26 Å². The van der Waals surface area contributed by atoms with E-state index in [0.717, 1.165) is 10.0 Å². The fourth-order valence-corrected chi connectivity index (χ4v) is 2.95. The number of nitriles is 1. The van der Waals surface area contributed by atoms with Crippen molar-refractivity contribution in [1.29, 1.82) is 5.26 Å². The second-order valence-corrected chi connectivity index (χ2v) is 6.98. The number of carbonyl (C=O) groups is 1. The van der Waals surface area contributed by atoms with E-state index >= 15 is 0 Å². The fourth-order valence-electron chi connectivity index (χ4n) is 2.68. The van der Waals surface area contributed by atoms with Gasteiger partial charge in [-0.15, -0.1) is 0 Å². The topological polar surface area (TPSA) is 77.0 Å². The number of anilines is 1. The molecule has 0 bridgehead atoms. The Labute approximate surface area is 165 Å². The van der Waals surface area contributed by atoms with Crippen LogP contribution in [-0.4, -0.2) is 10.9 Å². The first-order valence-electron chi connectivity index (χ1n) is 8.24. The molecule has 1 aromatic heterocycles. The van der Waals surface area contributed by atoms with Crippen molar-refractivity contribution in [1.82, 2.24) is 4.98 Å². The molecule has 134 valence electrons. The molecule has 2 aromatic carbocycles. The quantitative estimate of drug-likeness (QED) is 0.686.